The van der Waals surface area contributed by atoms with E-state index in [0.717, 1.165) is 5.56 Å². The number of piperazine rings is 1. The summed E-state index contributed by atoms with van der Waals surface area (Å²) in [4.78, 5) is 28.3. The molecule has 144 valence electrons. The molecule has 1 fully saturated rings. The number of halogens is 2. The number of carbonyl (C=O) groups excluding carboxylic acids is 2. The highest BCUT2D eigenvalue weighted by molar-refractivity contribution is 5.94. The summed E-state index contributed by atoms with van der Waals surface area (Å²) in [6, 6.07) is 13.2. The second-order valence-corrected chi connectivity index (χ2v) is 6.38. The zero-order valence-corrected chi connectivity index (χ0v) is 15.8. The highest BCUT2D eigenvalue weighted by Gasteiger charge is 2.24. The Kier molecular flexibility index (Phi) is 7.19. The first-order valence-electron chi connectivity index (χ1n) is 8.70. The van der Waals surface area contributed by atoms with Gasteiger partial charge in [-0.2, -0.15) is 0 Å². The lowest BCUT2D eigenvalue weighted by Crippen LogP contribution is -2.50. The molecule has 2 aromatic rings. The maximum absolute atomic E-state index is 13.3. The molecule has 7 heteroatoms. The quantitative estimate of drug-likeness (QED) is 0.815. The van der Waals surface area contributed by atoms with Gasteiger partial charge in [-0.3, -0.25) is 9.59 Å². The molecule has 1 aliphatic rings. The Labute approximate surface area is 164 Å². The number of carbonyl (C=O) groups is 2. The summed E-state index contributed by atoms with van der Waals surface area (Å²) in [6.45, 7) is 1.89. The first-order valence-corrected chi connectivity index (χ1v) is 8.70. The number of nitrogen functional groups attached to an aromatic ring is 1. The van der Waals surface area contributed by atoms with Gasteiger partial charge in [0.15, 0.2) is 0 Å². The first-order chi connectivity index (χ1) is 12.5. The van der Waals surface area contributed by atoms with Crippen molar-refractivity contribution in [1.82, 2.24) is 9.80 Å². The van der Waals surface area contributed by atoms with Crippen LogP contribution in [-0.2, 0) is 11.2 Å². The van der Waals surface area contributed by atoms with Gasteiger partial charge in [-0.1, -0.05) is 24.3 Å². The Balaban J connectivity index is 0.00000261. The van der Waals surface area contributed by atoms with Gasteiger partial charge in [-0.05, 0) is 36.2 Å². The number of anilines is 1. The number of rotatable bonds is 4. The van der Waals surface area contributed by atoms with Gasteiger partial charge >= 0.3 is 0 Å². The molecule has 0 bridgehead atoms. The molecule has 0 saturated carbocycles. The number of aryl methyl sites for hydroxylation is 1. The number of nitrogens with zero attached hydrogens (tertiary/aromatic N) is 2. The minimum atomic E-state index is -0.426. The van der Waals surface area contributed by atoms with Crippen molar-refractivity contribution >= 4 is 29.9 Å². The standard InChI is InChI=1S/C20H22FN3O2.ClH/c21-17-6-3-5-16(14-17)20(26)24-12-10-23(11-13-24)19(25)9-8-15-4-1-2-7-18(15)22;/h1-7,14H,8-13,22H2;1H. The minimum Gasteiger partial charge on any atom is -0.399 e. The maximum atomic E-state index is 13.3. The zero-order chi connectivity index (χ0) is 18.5. The number of hydrogen-bond donors (Lipinski definition) is 1. The number of nitrogens with two attached hydrogens (primary N) is 1. The third kappa shape index (κ3) is 5.20. The highest BCUT2D eigenvalue weighted by Crippen LogP contribution is 2.15. The van der Waals surface area contributed by atoms with Crippen LogP contribution in [0.1, 0.15) is 22.3 Å². The molecule has 1 heterocycles. The summed E-state index contributed by atoms with van der Waals surface area (Å²) in [5.41, 5.74) is 7.92. The second-order valence-electron chi connectivity index (χ2n) is 6.38. The van der Waals surface area contributed by atoms with Crippen molar-refractivity contribution in [3.63, 3.8) is 0 Å². The van der Waals surface area contributed by atoms with Crippen LogP contribution in [0.2, 0.25) is 0 Å². The molecule has 0 radical (unpaired) electrons. The van der Waals surface area contributed by atoms with Crippen LogP contribution in [0.3, 0.4) is 0 Å². The summed E-state index contributed by atoms with van der Waals surface area (Å²) in [6.07, 6.45) is 1.000. The Morgan fingerprint density at radius 1 is 0.963 bits per heavy atom. The van der Waals surface area contributed by atoms with E-state index in [-0.39, 0.29) is 24.2 Å². The van der Waals surface area contributed by atoms with Crippen molar-refractivity contribution in [3.8, 4) is 0 Å². The van der Waals surface area contributed by atoms with Crippen LogP contribution in [0.4, 0.5) is 10.1 Å². The van der Waals surface area contributed by atoms with Crippen LogP contribution in [0.15, 0.2) is 48.5 Å². The van der Waals surface area contributed by atoms with Crippen LogP contribution < -0.4 is 5.73 Å². The van der Waals surface area contributed by atoms with Crippen molar-refractivity contribution in [2.45, 2.75) is 12.8 Å². The van der Waals surface area contributed by atoms with E-state index in [4.69, 9.17) is 5.73 Å². The lowest BCUT2D eigenvalue weighted by Gasteiger charge is -2.35. The fourth-order valence-corrected chi connectivity index (χ4v) is 3.12. The summed E-state index contributed by atoms with van der Waals surface area (Å²) in [5.74, 6) is -0.565. The molecule has 0 unspecified atom stereocenters. The van der Waals surface area contributed by atoms with Crippen LogP contribution in [-0.4, -0.2) is 47.8 Å². The molecule has 0 aromatic heterocycles. The largest absolute Gasteiger partial charge is 0.399 e. The predicted octanol–water partition coefficient (Wildman–Crippen LogP) is 2.75. The maximum Gasteiger partial charge on any atom is 0.254 e. The van der Waals surface area contributed by atoms with Crippen LogP contribution >= 0.6 is 12.4 Å². The van der Waals surface area contributed by atoms with Crippen molar-refractivity contribution in [3.05, 3.63) is 65.5 Å². The third-order valence-electron chi connectivity index (χ3n) is 4.65. The minimum absolute atomic E-state index is 0. The Morgan fingerprint density at radius 3 is 2.30 bits per heavy atom. The molecule has 1 aliphatic heterocycles. The Hall–Kier alpha value is -2.60. The molecule has 2 amide bonds. The molecule has 3 rings (SSSR count). The van der Waals surface area contributed by atoms with Crippen molar-refractivity contribution in [2.24, 2.45) is 0 Å². The van der Waals surface area contributed by atoms with Gasteiger partial charge < -0.3 is 15.5 Å². The molecule has 0 aliphatic carbocycles. The Bertz CT molecular complexity index is 807. The lowest BCUT2D eigenvalue weighted by molar-refractivity contribution is -0.132. The van der Waals surface area contributed by atoms with E-state index < -0.39 is 5.82 Å². The van der Waals surface area contributed by atoms with Crippen molar-refractivity contribution < 1.29 is 14.0 Å². The van der Waals surface area contributed by atoms with E-state index in [1.165, 1.54) is 18.2 Å². The fraction of sp³-hybridized carbons (Fsp3) is 0.300. The van der Waals surface area contributed by atoms with E-state index in [1.807, 2.05) is 24.3 Å². The highest BCUT2D eigenvalue weighted by atomic mass is 35.5. The summed E-state index contributed by atoms with van der Waals surface area (Å²) in [5, 5.41) is 0. The SMILES string of the molecule is Cl.Nc1ccccc1CCC(=O)N1CCN(C(=O)c2cccc(F)c2)CC1. The van der Waals surface area contributed by atoms with Crippen LogP contribution in [0, 0.1) is 5.82 Å². The average Bonchev–Trinajstić information content (AvgIpc) is 2.66. The normalized spacial score (nSPS) is 13.8. The molecular weight excluding hydrogens is 369 g/mol. The molecule has 0 spiro atoms. The monoisotopic (exact) mass is 391 g/mol. The molecule has 0 atom stereocenters. The first kappa shape index (κ1) is 20.7. The molecule has 2 N–H and O–H groups in total. The zero-order valence-electron chi connectivity index (χ0n) is 14.9. The summed E-state index contributed by atoms with van der Waals surface area (Å²) in [7, 11) is 0. The van der Waals surface area contributed by atoms with Gasteiger partial charge in [0.25, 0.3) is 5.91 Å². The smallest absolute Gasteiger partial charge is 0.254 e. The summed E-state index contributed by atoms with van der Waals surface area (Å²) < 4.78 is 13.3. The van der Waals surface area contributed by atoms with E-state index in [9.17, 15) is 14.0 Å². The van der Waals surface area contributed by atoms with E-state index >= 15 is 0 Å². The van der Waals surface area contributed by atoms with Gasteiger partial charge in [-0.15, -0.1) is 12.4 Å². The molecule has 5 nitrogen and oxygen atoms in total. The average molecular weight is 392 g/mol. The number of benzene rings is 2. The lowest BCUT2D eigenvalue weighted by atomic mass is 10.1. The number of amides is 2. The van der Waals surface area contributed by atoms with Crippen molar-refractivity contribution in [1.29, 1.82) is 0 Å². The van der Waals surface area contributed by atoms with Gasteiger partial charge in [0.2, 0.25) is 5.91 Å². The van der Waals surface area contributed by atoms with Crippen molar-refractivity contribution in [2.75, 3.05) is 31.9 Å². The second kappa shape index (κ2) is 9.37. The molecule has 2 aromatic carbocycles. The molecule has 27 heavy (non-hydrogen) atoms. The molecular formula is C20H23ClFN3O2. The van der Waals surface area contributed by atoms with Gasteiger partial charge in [0, 0.05) is 43.9 Å². The van der Waals surface area contributed by atoms with Crippen LogP contribution in [0.25, 0.3) is 0 Å². The number of para-hydroxylation sites is 1. The molecule has 1 saturated heterocycles. The summed E-state index contributed by atoms with van der Waals surface area (Å²) >= 11 is 0. The van der Waals surface area contributed by atoms with Gasteiger partial charge in [-0.25, -0.2) is 4.39 Å². The van der Waals surface area contributed by atoms with E-state index in [2.05, 4.69) is 0 Å². The third-order valence-corrected chi connectivity index (χ3v) is 4.65. The van der Waals surface area contributed by atoms with E-state index in [1.54, 1.807) is 15.9 Å². The predicted molar refractivity (Wildman–Crippen MR) is 105 cm³/mol. The Morgan fingerprint density at radius 2 is 1.63 bits per heavy atom. The van der Waals surface area contributed by atoms with E-state index in [0.29, 0.717) is 50.3 Å². The fourth-order valence-electron chi connectivity index (χ4n) is 3.12. The topological polar surface area (TPSA) is 66.6 Å². The van der Waals surface area contributed by atoms with Crippen LogP contribution in [0.5, 0.6) is 0 Å². The number of hydrogen-bond acceptors (Lipinski definition) is 3. The van der Waals surface area contributed by atoms with Gasteiger partial charge in [0.1, 0.15) is 5.82 Å². The van der Waals surface area contributed by atoms with Gasteiger partial charge in [0.05, 0.1) is 0 Å².